The lowest BCUT2D eigenvalue weighted by atomic mass is 9.93. The van der Waals surface area contributed by atoms with E-state index in [1.807, 2.05) is 0 Å². The summed E-state index contributed by atoms with van der Waals surface area (Å²) in [5.41, 5.74) is 5.18. The van der Waals surface area contributed by atoms with Crippen molar-refractivity contribution in [3.8, 4) is 5.75 Å². The van der Waals surface area contributed by atoms with Crippen LogP contribution in [-0.2, 0) is 6.42 Å². The number of hydrogen-bond donors (Lipinski definition) is 2. The van der Waals surface area contributed by atoms with Crippen molar-refractivity contribution in [1.29, 1.82) is 0 Å². The number of anilines is 1. The molecule has 2 N–H and O–H groups in total. The summed E-state index contributed by atoms with van der Waals surface area (Å²) >= 11 is 0. The highest BCUT2D eigenvalue weighted by Gasteiger charge is 2.28. The number of ether oxygens (including phenoxy) is 1. The second-order valence-corrected chi connectivity index (χ2v) is 7.21. The van der Waals surface area contributed by atoms with E-state index in [2.05, 4.69) is 21.0 Å². The molecule has 0 bridgehead atoms. The standard InChI is InChI=1S/C22H22N4O5/c1-12-11-18(26-31-12)23-22(28)20-13(2)19-16(5-4-6-17(19)30-20)24-25-21(27)14-7-9-15(29-3)10-8-14/h7-11H,4-6H2,1-3H3,(H,25,27)(H,23,26,28)/b24-16+. The average Bonchev–Trinajstić information content (AvgIpc) is 3.35. The largest absolute Gasteiger partial charge is 0.497 e. The zero-order chi connectivity index (χ0) is 22.0. The van der Waals surface area contributed by atoms with Gasteiger partial charge < -0.3 is 19.0 Å². The molecule has 4 rings (SSSR count). The Hall–Kier alpha value is -3.88. The molecule has 1 aliphatic carbocycles. The third-order valence-electron chi connectivity index (χ3n) is 5.05. The van der Waals surface area contributed by atoms with E-state index in [9.17, 15) is 9.59 Å². The molecule has 160 valence electrons. The average molecular weight is 422 g/mol. The Morgan fingerprint density at radius 3 is 2.58 bits per heavy atom. The van der Waals surface area contributed by atoms with Crippen molar-refractivity contribution in [3.63, 3.8) is 0 Å². The number of aromatic nitrogens is 1. The van der Waals surface area contributed by atoms with E-state index in [4.69, 9.17) is 13.7 Å². The van der Waals surface area contributed by atoms with Crippen molar-refractivity contribution >= 4 is 23.3 Å². The minimum Gasteiger partial charge on any atom is -0.497 e. The normalized spacial score (nSPS) is 14.2. The van der Waals surface area contributed by atoms with E-state index in [1.54, 1.807) is 51.3 Å². The monoisotopic (exact) mass is 422 g/mol. The molecule has 0 radical (unpaired) electrons. The van der Waals surface area contributed by atoms with Crippen LogP contribution in [0.15, 0.2) is 44.4 Å². The molecule has 0 unspecified atom stereocenters. The number of hydrazone groups is 1. The molecule has 0 atom stereocenters. The smallest absolute Gasteiger partial charge is 0.292 e. The van der Waals surface area contributed by atoms with Crippen LogP contribution in [0, 0.1) is 13.8 Å². The minimum absolute atomic E-state index is 0.196. The van der Waals surface area contributed by atoms with Gasteiger partial charge in [0, 0.05) is 29.2 Å². The Morgan fingerprint density at radius 1 is 1.13 bits per heavy atom. The SMILES string of the molecule is COc1ccc(C(=O)N/N=C2\CCCc3oc(C(=O)Nc4cc(C)on4)c(C)c32)cc1. The predicted molar refractivity (Wildman–Crippen MR) is 113 cm³/mol. The van der Waals surface area contributed by atoms with Gasteiger partial charge in [0.25, 0.3) is 11.8 Å². The lowest BCUT2D eigenvalue weighted by molar-refractivity contribution is 0.0953. The number of benzene rings is 1. The van der Waals surface area contributed by atoms with Gasteiger partial charge in [0.2, 0.25) is 0 Å². The topological polar surface area (TPSA) is 119 Å². The summed E-state index contributed by atoms with van der Waals surface area (Å²) in [6, 6.07) is 8.37. The molecule has 0 saturated heterocycles. The maximum Gasteiger partial charge on any atom is 0.292 e. The maximum absolute atomic E-state index is 12.7. The summed E-state index contributed by atoms with van der Waals surface area (Å²) in [5, 5.41) is 10.8. The second kappa shape index (κ2) is 8.47. The Morgan fingerprint density at radius 2 is 1.90 bits per heavy atom. The Balaban J connectivity index is 1.54. The fourth-order valence-electron chi connectivity index (χ4n) is 3.52. The van der Waals surface area contributed by atoms with Crippen molar-refractivity contribution in [2.24, 2.45) is 5.10 Å². The van der Waals surface area contributed by atoms with Gasteiger partial charge >= 0.3 is 0 Å². The van der Waals surface area contributed by atoms with Gasteiger partial charge in [0.15, 0.2) is 11.6 Å². The maximum atomic E-state index is 12.7. The molecule has 0 saturated carbocycles. The van der Waals surface area contributed by atoms with Crippen LogP contribution in [0.4, 0.5) is 5.82 Å². The molecule has 2 heterocycles. The summed E-state index contributed by atoms with van der Waals surface area (Å²) in [6.45, 7) is 3.54. The first-order valence-electron chi connectivity index (χ1n) is 9.84. The Labute approximate surface area is 178 Å². The molecule has 3 aromatic rings. The highest BCUT2D eigenvalue weighted by molar-refractivity contribution is 6.09. The number of carbonyl (C=O) groups is 2. The molecule has 2 amide bonds. The number of amides is 2. The van der Waals surface area contributed by atoms with Gasteiger partial charge in [-0.25, -0.2) is 5.43 Å². The number of methoxy groups -OCH3 is 1. The van der Waals surface area contributed by atoms with Crippen LogP contribution in [-0.4, -0.2) is 29.8 Å². The van der Waals surface area contributed by atoms with Crippen molar-refractivity contribution in [2.75, 3.05) is 12.4 Å². The predicted octanol–water partition coefficient (Wildman–Crippen LogP) is 3.62. The number of furan rings is 1. The molecular weight excluding hydrogens is 400 g/mol. The molecule has 0 fully saturated rings. The van der Waals surface area contributed by atoms with Crippen molar-refractivity contribution in [3.05, 3.63) is 64.3 Å². The highest BCUT2D eigenvalue weighted by atomic mass is 16.5. The molecule has 0 spiro atoms. The van der Waals surface area contributed by atoms with Crippen molar-refractivity contribution < 1.29 is 23.3 Å². The van der Waals surface area contributed by atoms with Crippen LogP contribution >= 0.6 is 0 Å². The summed E-state index contributed by atoms with van der Waals surface area (Å²) in [6.07, 6.45) is 2.17. The van der Waals surface area contributed by atoms with E-state index in [0.717, 1.165) is 12.0 Å². The number of fused-ring (bicyclic) bond motifs is 1. The lowest BCUT2D eigenvalue weighted by Crippen LogP contribution is -2.22. The summed E-state index contributed by atoms with van der Waals surface area (Å²) in [4.78, 5) is 25.1. The fraction of sp³-hybridized carbons (Fsp3) is 0.273. The number of hydrogen-bond acceptors (Lipinski definition) is 7. The van der Waals surface area contributed by atoms with Crippen LogP contribution in [0.1, 0.15) is 56.4 Å². The molecule has 1 aromatic carbocycles. The molecule has 0 aliphatic heterocycles. The lowest BCUT2D eigenvalue weighted by Gasteiger charge is -2.13. The van der Waals surface area contributed by atoms with Crippen LogP contribution in [0.2, 0.25) is 0 Å². The molecular formula is C22H22N4O5. The van der Waals surface area contributed by atoms with Crippen molar-refractivity contribution in [1.82, 2.24) is 10.6 Å². The third kappa shape index (κ3) is 4.20. The molecule has 9 nitrogen and oxygen atoms in total. The summed E-state index contributed by atoms with van der Waals surface area (Å²) in [7, 11) is 1.57. The highest BCUT2D eigenvalue weighted by Crippen LogP contribution is 2.30. The van der Waals surface area contributed by atoms with Crippen LogP contribution in [0.25, 0.3) is 0 Å². The zero-order valence-corrected chi connectivity index (χ0v) is 17.4. The van der Waals surface area contributed by atoms with Crippen LogP contribution in [0.5, 0.6) is 5.75 Å². The summed E-state index contributed by atoms with van der Waals surface area (Å²) < 4.78 is 15.9. The van der Waals surface area contributed by atoms with E-state index >= 15 is 0 Å². The number of nitrogens with zero attached hydrogens (tertiary/aromatic N) is 2. The molecule has 2 aromatic heterocycles. The number of rotatable bonds is 5. The van der Waals surface area contributed by atoms with Crippen molar-refractivity contribution in [2.45, 2.75) is 33.1 Å². The third-order valence-corrected chi connectivity index (χ3v) is 5.05. The Bertz CT molecular complexity index is 1160. The fourth-order valence-corrected chi connectivity index (χ4v) is 3.52. The van der Waals surface area contributed by atoms with Gasteiger partial charge in [-0.05, 0) is 51.0 Å². The molecule has 9 heteroatoms. The van der Waals surface area contributed by atoms with E-state index < -0.39 is 5.91 Å². The second-order valence-electron chi connectivity index (χ2n) is 7.21. The van der Waals surface area contributed by atoms with E-state index in [-0.39, 0.29) is 11.7 Å². The van der Waals surface area contributed by atoms with Crippen LogP contribution in [0.3, 0.4) is 0 Å². The van der Waals surface area contributed by atoms with Gasteiger partial charge in [-0.3, -0.25) is 9.59 Å². The number of nitrogens with one attached hydrogen (secondary N) is 2. The first-order valence-corrected chi connectivity index (χ1v) is 9.84. The summed E-state index contributed by atoms with van der Waals surface area (Å²) in [5.74, 6) is 1.71. The van der Waals surface area contributed by atoms with Gasteiger partial charge in [-0.1, -0.05) is 5.16 Å². The minimum atomic E-state index is -0.415. The first-order chi connectivity index (χ1) is 15.0. The first kappa shape index (κ1) is 20.4. The Kier molecular flexibility index (Phi) is 5.57. The van der Waals surface area contributed by atoms with Gasteiger partial charge in [0.05, 0.1) is 12.8 Å². The number of aryl methyl sites for hydroxylation is 2. The zero-order valence-electron chi connectivity index (χ0n) is 17.4. The van der Waals surface area contributed by atoms with E-state index in [1.165, 1.54) is 0 Å². The van der Waals surface area contributed by atoms with Gasteiger partial charge in [-0.15, -0.1) is 0 Å². The van der Waals surface area contributed by atoms with Crippen LogP contribution < -0.4 is 15.5 Å². The number of carbonyl (C=O) groups excluding carboxylic acids is 2. The van der Waals surface area contributed by atoms with Gasteiger partial charge in [0.1, 0.15) is 17.3 Å². The molecule has 1 aliphatic rings. The quantitative estimate of drug-likeness (QED) is 0.606. The van der Waals surface area contributed by atoms with Gasteiger partial charge in [-0.2, -0.15) is 5.10 Å². The van der Waals surface area contributed by atoms with E-state index in [0.29, 0.717) is 52.8 Å². The molecule has 31 heavy (non-hydrogen) atoms.